The van der Waals surface area contributed by atoms with Crippen molar-refractivity contribution in [2.24, 2.45) is 0 Å². The molecule has 1 saturated heterocycles. The SMILES string of the molecule is COc1cc(C(=O)N2CCCC2c2ccc(N(C)C)nn2)ccc1F. The van der Waals surface area contributed by atoms with Crippen molar-refractivity contribution in [2.45, 2.75) is 18.9 Å². The number of carbonyl (C=O) groups is 1. The number of amides is 1. The van der Waals surface area contributed by atoms with Crippen molar-refractivity contribution < 1.29 is 13.9 Å². The molecule has 0 aliphatic carbocycles. The number of anilines is 1. The lowest BCUT2D eigenvalue weighted by atomic mass is 10.1. The Hall–Kier alpha value is -2.70. The molecule has 132 valence electrons. The van der Waals surface area contributed by atoms with Crippen LogP contribution in [0.15, 0.2) is 30.3 Å². The van der Waals surface area contributed by atoms with Crippen LogP contribution in [-0.2, 0) is 0 Å². The Morgan fingerprint density at radius 1 is 1.28 bits per heavy atom. The summed E-state index contributed by atoms with van der Waals surface area (Å²) < 4.78 is 18.6. The lowest BCUT2D eigenvalue weighted by Gasteiger charge is -2.24. The van der Waals surface area contributed by atoms with E-state index in [1.54, 1.807) is 4.90 Å². The molecule has 2 aromatic rings. The second kappa shape index (κ2) is 7.04. The maximum absolute atomic E-state index is 13.6. The van der Waals surface area contributed by atoms with Crippen molar-refractivity contribution in [1.82, 2.24) is 15.1 Å². The zero-order valence-electron chi connectivity index (χ0n) is 14.6. The minimum atomic E-state index is -0.484. The van der Waals surface area contributed by atoms with Crippen molar-refractivity contribution in [2.75, 3.05) is 32.6 Å². The van der Waals surface area contributed by atoms with Crippen molar-refractivity contribution in [3.63, 3.8) is 0 Å². The summed E-state index contributed by atoms with van der Waals surface area (Å²) in [7, 11) is 5.18. The Morgan fingerprint density at radius 3 is 2.72 bits per heavy atom. The zero-order chi connectivity index (χ0) is 18.0. The largest absolute Gasteiger partial charge is 0.494 e. The summed E-state index contributed by atoms with van der Waals surface area (Å²) in [6.45, 7) is 0.639. The molecule has 1 aliphatic heterocycles. The van der Waals surface area contributed by atoms with Gasteiger partial charge in [0.25, 0.3) is 5.91 Å². The van der Waals surface area contributed by atoms with Crippen LogP contribution < -0.4 is 9.64 Å². The number of halogens is 1. The van der Waals surface area contributed by atoms with Gasteiger partial charge < -0.3 is 14.5 Å². The first-order valence-electron chi connectivity index (χ1n) is 8.16. The molecule has 1 unspecified atom stereocenters. The number of aromatic nitrogens is 2. The molecule has 0 radical (unpaired) electrons. The summed E-state index contributed by atoms with van der Waals surface area (Å²) in [5.41, 5.74) is 1.17. The summed E-state index contributed by atoms with van der Waals surface area (Å²) >= 11 is 0. The molecular weight excluding hydrogens is 323 g/mol. The third kappa shape index (κ3) is 3.40. The first-order chi connectivity index (χ1) is 12.0. The van der Waals surface area contributed by atoms with E-state index in [0.29, 0.717) is 12.1 Å². The smallest absolute Gasteiger partial charge is 0.254 e. The Balaban J connectivity index is 1.84. The van der Waals surface area contributed by atoms with E-state index in [9.17, 15) is 9.18 Å². The summed E-state index contributed by atoms with van der Waals surface area (Å²) in [5.74, 6) is 0.195. The normalized spacial score (nSPS) is 16.8. The summed E-state index contributed by atoms with van der Waals surface area (Å²) in [6, 6.07) is 7.86. The first-order valence-corrected chi connectivity index (χ1v) is 8.16. The summed E-state index contributed by atoms with van der Waals surface area (Å²) in [4.78, 5) is 16.5. The van der Waals surface area contributed by atoms with Crippen LogP contribution in [0, 0.1) is 5.82 Å². The van der Waals surface area contributed by atoms with Crippen LogP contribution in [0.2, 0.25) is 0 Å². The molecule has 3 rings (SSSR count). The van der Waals surface area contributed by atoms with Gasteiger partial charge in [0.1, 0.15) is 0 Å². The monoisotopic (exact) mass is 344 g/mol. The first kappa shape index (κ1) is 17.1. The maximum atomic E-state index is 13.6. The topological polar surface area (TPSA) is 58.6 Å². The van der Waals surface area contributed by atoms with Crippen molar-refractivity contribution in [3.05, 3.63) is 47.4 Å². The summed E-state index contributed by atoms with van der Waals surface area (Å²) in [6.07, 6.45) is 1.73. The number of hydrogen-bond acceptors (Lipinski definition) is 5. The van der Waals surface area contributed by atoms with E-state index in [2.05, 4.69) is 10.2 Å². The van der Waals surface area contributed by atoms with Gasteiger partial charge in [-0.25, -0.2) is 4.39 Å². The second-order valence-corrected chi connectivity index (χ2v) is 6.22. The lowest BCUT2D eigenvalue weighted by Crippen LogP contribution is -2.31. The molecule has 6 nitrogen and oxygen atoms in total. The van der Waals surface area contributed by atoms with Gasteiger partial charge >= 0.3 is 0 Å². The number of likely N-dealkylation sites (tertiary alicyclic amines) is 1. The Kier molecular flexibility index (Phi) is 4.83. The highest BCUT2D eigenvalue weighted by Gasteiger charge is 2.32. The molecule has 1 aliphatic rings. The average Bonchev–Trinajstić information content (AvgIpc) is 3.11. The molecule has 0 bridgehead atoms. The van der Waals surface area contributed by atoms with Crippen LogP contribution in [0.5, 0.6) is 5.75 Å². The van der Waals surface area contributed by atoms with E-state index in [1.165, 1.54) is 25.3 Å². The highest BCUT2D eigenvalue weighted by Crippen LogP contribution is 2.32. The molecule has 1 aromatic carbocycles. The minimum Gasteiger partial charge on any atom is -0.494 e. The van der Waals surface area contributed by atoms with E-state index in [-0.39, 0.29) is 17.7 Å². The highest BCUT2D eigenvalue weighted by molar-refractivity contribution is 5.95. The number of methoxy groups -OCH3 is 1. The van der Waals surface area contributed by atoms with E-state index in [4.69, 9.17) is 4.74 Å². The predicted octanol–water partition coefficient (Wildman–Crippen LogP) is 2.67. The van der Waals surface area contributed by atoms with Crippen molar-refractivity contribution >= 4 is 11.7 Å². The van der Waals surface area contributed by atoms with E-state index in [0.717, 1.165) is 24.4 Å². The van der Waals surface area contributed by atoms with Crippen molar-refractivity contribution in [3.8, 4) is 5.75 Å². The molecular formula is C18H21FN4O2. The number of nitrogens with zero attached hydrogens (tertiary/aromatic N) is 4. The Labute approximate surface area is 146 Å². The molecule has 0 spiro atoms. The average molecular weight is 344 g/mol. The number of hydrogen-bond donors (Lipinski definition) is 0. The Bertz CT molecular complexity index is 764. The van der Waals surface area contributed by atoms with Gasteiger partial charge in [-0.05, 0) is 43.2 Å². The van der Waals surface area contributed by atoms with Crippen LogP contribution in [0.3, 0.4) is 0 Å². The molecule has 7 heteroatoms. The van der Waals surface area contributed by atoms with E-state index in [1.807, 2.05) is 31.1 Å². The van der Waals surface area contributed by atoms with Gasteiger partial charge in [0.2, 0.25) is 0 Å². The van der Waals surface area contributed by atoms with Crippen LogP contribution in [0.25, 0.3) is 0 Å². The van der Waals surface area contributed by atoms with E-state index < -0.39 is 5.82 Å². The standard InChI is InChI=1S/C18H21FN4O2/c1-22(2)17-9-8-14(20-21-17)15-5-4-10-23(15)18(24)12-6-7-13(19)16(11-12)25-3/h6-9,11,15H,4-5,10H2,1-3H3. The molecule has 1 aromatic heterocycles. The molecule has 1 fully saturated rings. The molecule has 1 atom stereocenters. The van der Waals surface area contributed by atoms with E-state index >= 15 is 0 Å². The number of ether oxygens (including phenoxy) is 1. The predicted molar refractivity (Wildman–Crippen MR) is 92.3 cm³/mol. The van der Waals surface area contributed by atoms with Gasteiger partial charge in [-0.2, -0.15) is 5.10 Å². The molecule has 0 saturated carbocycles. The van der Waals surface area contributed by atoms with Gasteiger partial charge in [0.05, 0.1) is 18.8 Å². The van der Waals surface area contributed by atoms with Gasteiger partial charge in [0, 0.05) is 26.2 Å². The van der Waals surface area contributed by atoms with Crippen LogP contribution >= 0.6 is 0 Å². The third-order valence-electron chi connectivity index (χ3n) is 4.38. The fourth-order valence-electron chi connectivity index (χ4n) is 3.03. The Morgan fingerprint density at radius 2 is 2.08 bits per heavy atom. The molecule has 2 heterocycles. The molecule has 0 N–H and O–H groups in total. The van der Waals surface area contributed by atoms with Crippen LogP contribution in [0.4, 0.5) is 10.2 Å². The number of rotatable bonds is 4. The molecule has 1 amide bonds. The highest BCUT2D eigenvalue weighted by atomic mass is 19.1. The lowest BCUT2D eigenvalue weighted by molar-refractivity contribution is 0.0732. The number of benzene rings is 1. The fourth-order valence-corrected chi connectivity index (χ4v) is 3.03. The van der Waals surface area contributed by atoms with Crippen LogP contribution in [0.1, 0.15) is 34.9 Å². The minimum absolute atomic E-state index is 0.0664. The second-order valence-electron chi connectivity index (χ2n) is 6.22. The zero-order valence-corrected chi connectivity index (χ0v) is 14.6. The third-order valence-corrected chi connectivity index (χ3v) is 4.38. The van der Waals surface area contributed by atoms with Gasteiger partial charge in [-0.1, -0.05) is 0 Å². The fraction of sp³-hybridized carbons (Fsp3) is 0.389. The number of carbonyl (C=O) groups excluding carboxylic acids is 1. The van der Waals surface area contributed by atoms with Gasteiger partial charge in [-0.3, -0.25) is 4.79 Å². The maximum Gasteiger partial charge on any atom is 0.254 e. The quantitative estimate of drug-likeness (QED) is 0.853. The molecule has 25 heavy (non-hydrogen) atoms. The summed E-state index contributed by atoms with van der Waals surface area (Å²) in [5, 5.41) is 8.48. The van der Waals surface area contributed by atoms with Gasteiger partial charge in [0.15, 0.2) is 17.4 Å². The van der Waals surface area contributed by atoms with Crippen molar-refractivity contribution in [1.29, 1.82) is 0 Å². The van der Waals surface area contributed by atoms with Gasteiger partial charge in [-0.15, -0.1) is 5.10 Å². The van der Waals surface area contributed by atoms with Crippen LogP contribution in [-0.4, -0.2) is 48.8 Å².